The SMILES string of the molecule is N#CC1=C(N)N(c2nnc(SC3CCCCC3)s2)C2=C(C(=O)CCC2)C1c1cccc(Cl)c1Cl. The number of benzene rings is 1. The molecule has 176 valence electrons. The summed E-state index contributed by atoms with van der Waals surface area (Å²) in [5.41, 5.74) is 8.84. The molecular weight excluding hydrogens is 509 g/mol. The summed E-state index contributed by atoms with van der Waals surface area (Å²) in [4.78, 5) is 15.0. The minimum atomic E-state index is -0.653. The van der Waals surface area contributed by atoms with Gasteiger partial charge in [-0.3, -0.25) is 9.69 Å². The lowest BCUT2D eigenvalue weighted by Crippen LogP contribution is -2.38. The van der Waals surface area contributed by atoms with Crippen molar-refractivity contribution in [1.29, 1.82) is 5.26 Å². The van der Waals surface area contributed by atoms with Crippen LogP contribution < -0.4 is 10.6 Å². The van der Waals surface area contributed by atoms with Gasteiger partial charge in [0.1, 0.15) is 5.82 Å². The van der Waals surface area contributed by atoms with E-state index in [1.54, 1.807) is 34.9 Å². The fourth-order valence-corrected chi connectivity index (χ4v) is 7.83. The molecule has 1 fully saturated rings. The molecule has 1 saturated carbocycles. The van der Waals surface area contributed by atoms with E-state index < -0.39 is 5.92 Å². The summed E-state index contributed by atoms with van der Waals surface area (Å²) >= 11 is 16.1. The van der Waals surface area contributed by atoms with Crippen LogP contribution in [0.4, 0.5) is 5.13 Å². The van der Waals surface area contributed by atoms with Crippen molar-refractivity contribution in [2.75, 3.05) is 4.90 Å². The Hall–Kier alpha value is -2.05. The molecule has 2 aliphatic carbocycles. The number of rotatable bonds is 4. The maximum Gasteiger partial charge on any atom is 0.219 e. The van der Waals surface area contributed by atoms with Crippen molar-refractivity contribution in [2.24, 2.45) is 5.73 Å². The van der Waals surface area contributed by atoms with Crippen LogP contribution in [0.15, 0.2) is 45.2 Å². The van der Waals surface area contributed by atoms with Crippen LogP contribution in [0.3, 0.4) is 0 Å². The van der Waals surface area contributed by atoms with Crippen LogP contribution in [-0.4, -0.2) is 21.2 Å². The van der Waals surface area contributed by atoms with Crippen LogP contribution in [0.25, 0.3) is 0 Å². The number of hydrogen-bond acceptors (Lipinski definition) is 8. The normalized spacial score (nSPS) is 21.6. The quantitative estimate of drug-likeness (QED) is 0.476. The first-order chi connectivity index (χ1) is 16.5. The van der Waals surface area contributed by atoms with Gasteiger partial charge in [0.05, 0.1) is 27.6 Å². The highest BCUT2D eigenvalue weighted by molar-refractivity contribution is 8.01. The van der Waals surface area contributed by atoms with Crippen LogP contribution in [0.5, 0.6) is 0 Å². The molecule has 1 atom stereocenters. The van der Waals surface area contributed by atoms with E-state index in [4.69, 9.17) is 28.9 Å². The zero-order valence-corrected chi connectivity index (χ0v) is 21.5. The lowest BCUT2D eigenvalue weighted by atomic mass is 9.76. The number of anilines is 1. The topological polar surface area (TPSA) is 95.9 Å². The summed E-state index contributed by atoms with van der Waals surface area (Å²) in [5.74, 6) is -0.393. The summed E-state index contributed by atoms with van der Waals surface area (Å²) in [6.07, 6.45) is 7.96. The molecule has 5 rings (SSSR count). The molecule has 6 nitrogen and oxygen atoms in total. The number of nitrogens with two attached hydrogens (primary N) is 1. The molecule has 0 saturated heterocycles. The van der Waals surface area contributed by atoms with Gasteiger partial charge in [-0.2, -0.15) is 5.26 Å². The van der Waals surface area contributed by atoms with Gasteiger partial charge < -0.3 is 5.73 Å². The zero-order chi connectivity index (χ0) is 23.8. The van der Waals surface area contributed by atoms with Crippen molar-refractivity contribution in [3.05, 3.63) is 56.5 Å². The molecule has 1 unspecified atom stereocenters. The smallest absolute Gasteiger partial charge is 0.219 e. The molecule has 1 aromatic heterocycles. The third-order valence-corrected chi connectivity index (χ3v) is 9.78. The van der Waals surface area contributed by atoms with Gasteiger partial charge in [0.2, 0.25) is 5.13 Å². The number of Topliss-reactive ketones (excluding diaryl/α,β-unsaturated/α-hetero) is 1. The minimum absolute atomic E-state index is 0.00568. The second-order valence-electron chi connectivity index (χ2n) is 8.69. The highest BCUT2D eigenvalue weighted by Crippen LogP contribution is 2.49. The molecule has 2 heterocycles. The van der Waals surface area contributed by atoms with Gasteiger partial charge in [-0.05, 0) is 37.3 Å². The molecule has 0 spiro atoms. The van der Waals surface area contributed by atoms with Crippen LogP contribution in [0.1, 0.15) is 62.8 Å². The summed E-state index contributed by atoms with van der Waals surface area (Å²) in [7, 11) is 0. The van der Waals surface area contributed by atoms with E-state index in [2.05, 4.69) is 16.3 Å². The first-order valence-electron chi connectivity index (χ1n) is 11.4. The highest BCUT2D eigenvalue weighted by atomic mass is 35.5. The Bertz CT molecular complexity index is 1240. The molecule has 0 bridgehead atoms. The van der Waals surface area contributed by atoms with E-state index in [-0.39, 0.29) is 17.2 Å². The molecule has 1 aliphatic heterocycles. The number of ketones is 1. The van der Waals surface area contributed by atoms with E-state index in [9.17, 15) is 10.1 Å². The summed E-state index contributed by atoms with van der Waals surface area (Å²) in [6, 6.07) is 7.51. The van der Waals surface area contributed by atoms with Crippen LogP contribution in [-0.2, 0) is 4.79 Å². The number of carbonyl (C=O) groups excluding carboxylic acids is 1. The van der Waals surface area contributed by atoms with E-state index in [1.807, 2.05) is 0 Å². The predicted octanol–water partition coefficient (Wildman–Crippen LogP) is 6.57. The van der Waals surface area contributed by atoms with Crippen molar-refractivity contribution in [1.82, 2.24) is 10.2 Å². The maximum atomic E-state index is 13.3. The van der Waals surface area contributed by atoms with Gasteiger partial charge in [0.15, 0.2) is 10.1 Å². The van der Waals surface area contributed by atoms with Crippen LogP contribution in [0, 0.1) is 11.3 Å². The third kappa shape index (κ3) is 4.24. The number of aromatic nitrogens is 2. The molecular formula is C24H23Cl2N5OS2. The second kappa shape index (κ2) is 9.90. The maximum absolute atomic E-state index is 13.3. The van der Waals surface area contributed by atoms with Crippen LogP contribution >= 0.6 is 46.3 Å². The van der Waals surface area contributed by atoms with E-state index >= 15 is 0 Å². The molecule has 0 radical (unpaired) electrons. The number of hydrogen-bond donors (Lipinski definition) is 1. The molecule has 34 heavy (non-hydrogen) atoms. The van der Waals surface area contributed by atoms with Gasteiger partial charge in [-0.1, -0.05) is 77.7 Å². The first-order valence-corrected chi connectivity index (χ1v) is 13.8. The Balaban J connectivity index is 1.59. The number of nitriles is 1. The van der Waals surface area contributed by atoms with Crippen LogP contribution in [0.2, 0.25) is 10.0 Å². The number of halogens is 2. The molecule has 0 amide bonds. The number of nitrogens with zero attached hydrogens (tertiary/aromatic N) is 4. The molecule has 2 N–H and O–H groups in total. The molecule has 1 aromatic carbocycles. The highest BCUT2D eigenvalue weighted by Gasteiger charge is 2.42. The Morgan fingerprint density at radius 2 is 1.94 bits per heavy atom. The number of carbonyl (C=O) groups is 1. The second-order valence-corrected chi connectivity index (χ2v) is 12.0. The van der Waals surface area contributed by atoms with Crippen molar-refractivity contribution in [2.45, 2.75) is 66.9 Å². The lowest BCUT2D eigenvalue weighted by Gasteiger charge is -2.38. The van der Waals surface area contributed by atoms with E-state index in [1.165, 1.54) is 43.4 Å². The van der Waals surface area contributed by atoms with Crippen molar-refractivity contribution < 1.29 is 4.79 Å². The molecule has 10 heteroatoms. The largest absolute Gasteiger partial charge is 0.384 e. The van der Waals surface area contributed by atoms with Gasteiger partial charge in [0.25, 0.3) is 0 Å². The van der Waals surface area contributed by atoms with E-state index in [0.29, 0.717) is 50.8 Å². The average molecular weight is 533 g/mol. The number of thioether (sulfide) groups is 1. The zero-order valence-electron chi connectivity index (χ0n) is 18.4. The summed E-state index contributed by atoms with van der Waals surface area (Å²) in [6.45, 7) is 0. The lowest BCUT2D eigenvalue weighted by molar-refractivity contribution is -0.116. The monoisotopic (exact) mass is 531 g/mol. The van der Waals surface area contributed by atoms with E-state index in [0.717, 1.165) is 10.0 Å². The fraction of sp³-hybridized carbons (Fsp3) is 0.417. The van der Waals surface area contributed by atoms with Gasteiger partial charge in [-0.25, -0.2) is 0 Å². The summed E-state index contributed by atoms with van der Waals surface area (Å²) < 4.78 is 0.887. The fourth-order valence-electron chi connectivity index (χ4n) is 5.03. The Labute approximate surface area is 216 Å². The van der Waals surface area contributed by atoms with Crippen molar-refractivity contribution in [3.63, 3.8) is 0 Å². The predicted molar refractivity (Wildman–Crippen MR) is 137 cm³/mol. The summed E-state index contributed by atoms with van der Waals surface area (Å²) in [5, 5.41) is 20.8. The number of allylic oxidation sites excluding steroid dienone is 3. The van der Waals surface area contributed by atoms with Crippen molar-refractivity contribution >= 4 is 57.2 Å². The average Bonchev–Trinajstić information content (AvgIpc) is 3.29. The Morgan fingerprint density at radius 1 is 1.15 bits per heavy atom. The van der Waals surface area contributed by atoms with Gasteiger partial charge in [-0.15, -0.1) is 10.2 Å². The van der Waals surface area contributed by atoms with Gasteiger partial charge >= 0.3 is 0 Å². The Morgan fingerprint density at radius 3 is 2.71 bits per heavy atom. The standard InChI is InChI=1S/C24H23Cl2N5OS2/c25-16-9-4-8-14(21(16)26)19-15(12-27)22(28)31(17-10-5-11-18(32)20(17)19)23-29-30-24(34-23)33-13-6-2-1-3-7-13/h4,8-9,13,19H,1-3,5-7,10-11,28H2. The third-order valence-electron chi connectivity index (χ3n) is 6.61. The Kier molecular flexibility index (Phi) is 6.90. The first kappa shape index (κ1) is 23.7. The van der Waals surface area contributed by atoms with Gasteiger partial charge in [0, 0.05) is 22.9 Å². The molecule has 2 aromatic rings. The van der Waals surface area contributed by atoms with Crippen molar-refractivity contribution in [3.8, 4) is 6.07 Å². The minimum Gasteiger partial charge on any atom is -0.384 e. The molecule has 3 aliphatic rings.